The highest BCUT2D eigenvalue weighted by Crippen LogP contribution is 2.03. The van der Waals surface area contributed by atoms with Crippen LogP contribution in [0.5, 0.6) is 0 Å². The summed E-state index contributed by atoms with van der Waals surface area (Å²) in [4.78, 5) is 4.14. The van der Waals surface area contributed by atoms with E-state index in [4.69, 9.17) is 5.73 Å². The van der Waals surface area contributed by atoms with E-state index in [0.717, 1.165) is 17.8 Å². The van der Waals surface area contributed by atoms with Crippen molar-refractivity contribution >= 4 is 5.96 Å². The Morgan fingerprint density at radius 3 is 3.08 bits per heavy atom. The summed E-state index contributed by atoms with van der Waals surface area (Å²) in [5.41, 5.74) is 7.66. The van der Waals surface area contributed by atoms with Crippen molar-refractivity contribution in [3.05, 3.63) is 17.5 Å². The van der Waals surface area contributed by atoms with Crippen LogP contribution in [0, 0.1) is 6.92 Å². The summed E-state index contributed by atoms with van der Waals surface area (Å²) in [6, 6.07) is 0. The molecule has 72 valence electrons. The zero-order valence-corrected chi connectivity index (χ0v) is 7.96. The molecule has 1 aromatic heterocycles. The number of rotatable bonds is 3. The van der Waals surface area contributed by atoms with E-state index in [1.54, 1.807) is 6.20 Å². The summed E-state index contributed by atoms with van der Waals surface area (Å²) in [6.45, 7) is 5.30. The molecule has 0 aromatic carbocycles. The molecular weight excluding hydrogens is 166 g/mol. The van der Waals surface area contributed by atoms with Gasteiger partial charge in [-0.3, -0.25) is 5.10 Å². The Bertz CT molecular complexity index is 288. The number of nitrogens with one attached hydrogen (secondary N) is 2. The lowest BCUT2D eigenvalue weighted by Crippen LogP contribution is -2.31. The molecule has 0 saturated heterocycles. The number of guanidine groups is 1. The van der Waals surface area contributed by atoms with E-state index >= 15 is 0 Å². The quantitative estimate of drug-likeness (QED) is 0.458. The van der Waals surface area contributed by atoms with Crippen LogP contribution in [0.3, 0.4) is 0 Å². The van der Waals surface area contributed by atoms with E-state index < -0.39 is 0 Å². The highest BCUT2D eigenvalue weighted by molar-refractivity contribution is 5.77. The van der Waals surface area contributed by atoms with Crippen LogP contribution in [-0.4, -0.2) is 22.7 Å². The molecule has 5 nitrogen and oxygen atoms in total. The Hall–Kier alpha value is -1.52. The first-order valence-electron chi connectivity index (χ1n) is 4.26. The summed E-state index contributed by atoms with van der Waals surface area (Å²) in [6.07, 6.45) is 1.76. The van der Waals surface area contributed by atoms with Gasteiger partial charge in [-0.25, -0.2) is 4.99 Å². The maximum atomic E-state index is 5.56. The smallest absolute Gasteiger partial charge is 0.188 e. The average Bonchev–Trinajstić information content (AvgIpc) is 2.48. The zero-order chi connectivity index (χ0) is 9.68. The average molecular weight is 181 g/mol. The van der Waals surface area contributed by atoms with Gasteiger partial charge in [-0.1, -0.05) is 0 Å². The fourth-order valence-electron chi connectivity index (χ4n) is 0.942. The fourth-order valence-corrected chi connectivity index (χ4v) is 0.942. The standard InChI is InChI=1S/C8H15N5/c1-3-10-8(9)11-4-7-5-12-13-6(7)2/h5H,3-4H2,1-2H3,(H,12,13)(H3,9,10,11). The Kier molecular flexibility index (Phi) is 3.31. The molecule has 0 atom stereocenters. The van der Waals surface area contributed by atoms with E-state index in [9.17, 15) is 0 Å². The molecular formula is C8H15N5. The number of nitrogens with two attached hydrogens (primary N) is 1. The maximum Gasteiger partial charge on any atom is 0.188 e. The Morgan fingerprint density at radius 2 is 2.54 bits per heavy atom. The van der Waals surface area contributed by atoms with Gasteiger partial charge in [0.15, 0.2) is 5.96 Å². The normalized spacial score (nSPS) is 11.7. The van der Waals surface area contributed by atoms with Crippen LogP contribution in [0.1, 0.15) is 18.2 Å². The van der Waals surface area contributed by atoms with Crippen molar-refractivity contribution in [3.63, 3.8) is 0 Å². The number of aryl methyl sites for hydroxylation is 1. The molecule has 0 unspecified atom stereocenters. The molecule has 0 aliphatic rings. The van der Waals surface area contributed by atoms with Gasteiger partial charge in [-0.2, -0.15) is 5.10 Å². The van der Waals surface area contributed by atoms with Crippen molar-refractivity contribution in [1.29, 1.82) is 0 Å². The monoisotopic (exact) mass is 181 g/mol. The third-order valence-electron chi connectivity index (χ3n) is 1.71. The van der Waals surface area contributed by atoms with Gasteiger partial charge >= 0.3 is 0 Å². The molecule has 0 spiro atoms. The lowest BCUT2D eigenvalue weighted by Gasteiger charge is -2.00. The van der Waals surface area contributed by atoms with Crippen LogP contribution in [0.4, 0.5) is 0 Å². The SMILES string of the molecule is CCNC(N)=NCc1cn[nH]c1C. The van der Waals surface area contributed by atoms with Gasteiger partial charge in [0.2, 0.25) is 0 Å². The number of aromatic nitrogens is 2. The summed E-state index contributed by atoms with van der Waals surface area (Å²) < 4.78 is 0. The molecule has 5 heteroatoms. The second-order valence-electron chi connectivity index (χ2n) is 2.75. The number of aromatic amines is 1. The molecule has 1 heterocycles. The number of hydrogen-bond donors (Lipinski definition) is 3. The fraction of sp³-hybridized carbons (Fsp3) is 0.500. The van der Waals surface area contributed by atoms with Gasteiger partial charge < -0.3 is 11.1 Å². The van der Waals surface area contributed by atoms with Crippen LogP contribution in [0.25, 0.3) is 0 Å². The second kappa shape index (κ2) is 4.49. The molecule has 1 aromatic rings. The first-order chi connectivity index (χ1) is 6.24. The van der Waals surface area contributed by atoms with Gasteiger partial charge in [0.05, 0.1) is 12.7 Å². The maximum absolute atomic E-state index is 5.56. The van der Waals surface area contributed by atoms with Crippen LogP contribution in [0.2, 0.25) is 0 Å². The molecule has 0 aliphatic carbocycles. The summed E-state index contributed by atoms with van der Waals surface area (Å²) >= 11 is 0. The topological polar surface area (TPSA) is 79.1 Å². The summed E-state index contributed by atoms with van der Waals surface area (Å²) in [5.74, 6) is 0.475. The van der Waals surface area contributed by atoms with Crippen molar-refractivity contribution in [2.75, 3.05) is 6.54 Å². The minimum Gasteiger partial charge on any atom is -0.370 e. The van der Waals surface area contributed by atoms with E-state index in [0.29, 0.717) is 12.5 Å². The third-order valence-corrected chi connectivity index (χ3v) is 1.71. The largest absolute Gasteiger partial charge is 0.370 e. The lowest BCUT2D eigenvalue weighted by molar-refractivity contribution is 0.923. The number of aliphatic imine (C=N–C) groups is 1. The molecule has 13 heavy (non-hydrogen) atoms. The predicted octanol–water partition coefficient (Wildman–Crippen LogP) is 0.142. The highest BCUT2D eigenvalue weighted by Gasteiger charge is 1.98. The van der Waals surface area contributed by atoms with Gasteiger partial charge in [0.25, 0.3) is 0 Å². The minimum absolute atomic E-state index is 0.475. The third kappa shape index (κ3) is 2.77. The molecule has 1 rings (SSSR count). The van der Waals surface area contributed by atoms with Crippen LogP contribution in [-0.2, 0) is 6.54 Å². The van der Waals surface area contributed by atoms with Crippen LogP contribution in [0.15, 0.2) is 11.2 Å². The predicted molar refractivity (Wildman–Crippen MR) is 52.3 cm³/mol. The number of nitrogens with zero attached hydrogens (tertiary/aromatic N) is 2. The van der Waals surface area contributed by atoms with Crippen molar-refractivity contribution in [1.82, 2.24) is 15.5 Å². The number of hydrogen-bond acceptors (Lipinski definition) is 2. The van der Waals surface area contributed by atoms with Crippen molar-refractivity contribution in [3.8, 4) is 0 Å². The van der Waals surface area contributed by atoms with E-state index in [1.807, 2.05) is 13.8 Å². The molecule has 4 N–H and O–H groups in total. The first-order valence-corrected chi connectivity index (χ1v) is 4.26. The highest BCUT2D eigenvalue weighted by atomic mass is 15.1. The minimum atomic E-state index is 0.475. The lowest BCUT2D eigenvalue weighted by atomic mass is 10.3. The van der Waals surface area contributed by atoms with Gasteiger partial charge in [0, 0.05) is 17.8 Å². The van der Waals surface area contributed by atoms with E-state index in [-0.39, 0.29) is 0 Å². The summed E-state index contributed by atoms with van der Waals surface area (Å²) in [7, 11) is 0. The van der Waals surface area contributed by atoms with Gasteiger partial charge in [0.1, 0.15) is 0 Å². The Balaban J connectivity index is 2.51. The molecule has 0 fully saturated rings. The van der Waals surface area contributed by atoms with E-state index in [1.165, 1.54) is 0 Å². The first kappa shape index (κ1) is 9.57. The Labute approximate surface area is 77.4 Å². The molecule has 0 bridgehead atoms. The number of H-pyrrole nitrogens is 1. The van der Waals surface area contributed by atoms with Crippen LogP contribution < -0.4 is 11.1 Å². The van der Waals surface area contributed by atoms with Crippen molar-refractivity contribution in [2.45, 2.75) is 20.4 Å². The van der Waals surface area contributed by atoms with Gasteiger partial charge in [-0.15, -0.1) is 0 Å². The van der Waals surface area contributed by atoms with Gasteiger partial charge in [-0.05, 0) is 13.8 Å². The second-order valence-corrected chi connectivity index (χ2v) is 2.75. The summed E-state index contributed by atoms with van der Waals surface area (Å²) in [5, 5.41) is 9.66. The van der Waals surface area contributed by atoms with Crippen molar-refractivity contribution < 1.29 is 0 Å². The van der Waals surface area contributed by atoms with Crippen LogP contribution >= 0.6 is 0 Å². The molecule has 0 saturated carbocycles. The van der Waals surface area contributed by atoms with Crippen molar-refractivity contribution in [2.24, 2.45) is 10.7 Å². The Morgan fingerprint density at radius 1 is 1.77 bits per heavy atom. The van der Waals surface area contributed by atoms with E-state index in [2.05, 4.69) is 20.5 Å². The molecule has 0 radical (unpaired) electrons. The molecule has 0 aliphatic heterocycles. The molecule has 0 amide bonds. The zero-order valence-electron chi connectivity index (χ0n) is 7.96.